The molecule has 3 aromatic carbocycles. The summed E-state index contributed by atoms with van der Waals surface area (Å²) in [6, 6.07) is 31.3. The van der Waals surface area contributed by atoms with Crippen molar-refractivity contribution in [1.82, 2.24) is 4.98 Å². The summed E-state index contributed by atoms with van der Waals surface area (Å²) in [5.41, 5.74) is 14.0. The summed E-state index contributed by atoms with van der Waals surface area (Å²) in [4.78, 5) is 9.18. The summed E-state index contributed by atoms with van der Waals surface area (Å²) in [6.45, 7) is 0.444. The van der Waals surface area contributed by atoms with Gasteiger partial charge in [-0.05, 0) is 52.8 Å². The van der Waals surface area contributed by atoms with Crippen LogP contribution >= 0.6 is 0 Å². The van der Waals surface area contributed by atoms with Gasteiger partial charge in [-0.3, -0.25) is 9.98 Å². The molecule has 1 heterocycles. The summed E-state index contributed by atoms with van der Waals surface area (Å²) >= 11 is 0. The van der Waals surface area contributed by atoms with Crippen LogP contribution in [0.1, 0.15) is 33.5 Å². The highest BCUT2D eigenvalue weighted by molar-refractivity contribution is 5.80. The number of aromatic nitrogens is 1. The molecule has 0 saturated heterocycles. The Hall–Kier alpha value is -3.56. The lowest BCUT2D eigenvalue weighted by Gasteiger charge is -2.14. The van der Waals surface area contributed by atoms with E-state index in [1.54, 1.807) is 6.20 Å². The van der Waals surface area contributed by atoms with E-state index in [4.69, 9.17) is 10.7 Å². The Morgan fingerprint density at radius 1 is 0.700 bits per heavy atom. The minimum Gasteiger partial charge on any atom is -0.326 e. The van der Waals surface area contributed by atoms with Crippen molar-refractivity contribution in [3.63, 3.8) is 0 Å². The Morgan fingerprint density at radius 3 is 1.97 bits per heavy atom. The fourth-order valence-electron chi connectivity index (χ4n) is 3.62. The molecule has 0 atom stereocenters. The fourth-order valence-corrected chi connectivity index (χ4v) is 3.62. The van der Waals surface area contributed by atoms with Crippen molar-refractivity contribution in [3.8, 4) is 0 Å². The molecule has 148 valence electrons. The maximum Gasteiger partial charge on any atom is 0.0812 e. The van der Waals surface area contributed by atoms with Gasteiger partial charge in [-0.15, -0.1) is 0 Å². The fraction of sp³-hybridized carbons (Fsp3) is 0.111. The second-order valence-electron chi connectivity index (χ2n) is 7.30. The van der Waals surface area contributed by atoms with Crippen LogP contribution in [0, 0.1) is 0 Å². The number of nitrogens with zero attached hydrogens (tertiary/aromatic N) is 2. The van der Waals surface area contributed by atoms with Crippen LogP contribution in [0.15, 0.2) is 102 Å². The van der Waals surface area contributed by atoms with Gasteiger partial charge >= 0.3 is 0 Å². The van der Waals surface area contributed by atoms with E-state index < -0.39 is 0 Å². The first-order valence-corrected chi connectivity index (χ1v) is 10.2. The highest BCUT2D eigenvalue weighted by Crippen LogP contribution is 2.29. The van der Waals surface area contributed by atoms with Gasteiger partial charge in [-0.2, -0.15) is 0 Å². The van der Waals surface area contributed by atoms with Crippen LogP contribution in [0.3, 0.4) is 0 Å². The summed E-state index contributed by atoms with van der Waals surface area (Å²) in [6.07, 6.45) is 5.28. The maximum atomic E-state index is 6.15. The molecule has 0 saturated carbocycles. The number of benzene rings is 3. The predicted octanol–water partition coefficient (Wildman–Crippen LogP) is 5.47. The van der Waals surface area contributed by atoms with E-state index in [0.717, 1.165) is 29.8 Å². The van der Waals surface area contributed by atoms with Gasteiger partial charge in [0.1, 0.15) is 0 Å². The maximum absolute atomic E-state index is 6.15. The average Bonchev–Trinajstić information content (AvgIpc) is 2.80. The smallest absolute Gasteiger partial charge is 0.0812 e. The third-order valence-corrected chi connectivity index (χ3v) is 5.05. The second kappa shape index (κ2) is 9.77. The molecule has 0 aliphatic rings. The van der Waals surface area contributed by atoms with Crippen molar-refractivity contribution < 1.29 is 0 Å². The first-order chi connectivity index (χ1) is 14.8. The van der Waals surface area contributed by atoms with Gasteiger partial charge in [0.2, 0.25) is 0 Å². The Bertz CT molecular complexity index is 1100. The third-order valence-electron chi connectivity index (χ3n) is 5.05. The number of rotatable bonds is 7. The van der Waals surface area contributed by atoms with E-state index in [9.17, 15) is 0 Å². The number of aliphatic imine (C=N–C) groups is 1. The zero-order chi connectivity index (χ0) is 20.6. The largest absolute Gasteiger partial charge is 0.326 e. The molecule has 30 heavy (non-hydrogen) atoms. The van der Waals surface area contributed by atoms with Crippen molar-refractivity contribution in [2.45, 2.75) is 19.4 Å². The van der Waals surface area contributed by atoms with E-state index in [0.29, 0.717) is 6.54 Å². The molecular weight excluding hydrogens is 366 g/mol. The quantitative estimate of drug-likeness (QED) is 0.425. The Balaban J connectivity index is 1.75. The first-order valence-electron chi connectivity index (χ1n) is 10.2. The number of hydrogen-bond donors (Lipinski definition) is 1. The topological polar surface area (TPSA) is 51.3 Å². The first kappa shape index (κ1) is 19.7. The van der Waals surface area contributed by atoms with E-state index in [1.165, 1.54) is 22.3 Å². The molecule has 0 fully saturated rings. The minimum absolute atomic E-state index is 0.444. The van der Waals surface area contributed by atoms with Gasteiger partial charge in [-0.25, -0.2) is 0 Å². The van der Waals surface area contributed by atoms with Crippen molar-refractivity contribution in [2.24, 2.45) is 10.7 Å². The molecule has 0 radical (unpaired) electrons. The van der Waals surface area contributed by atoms with Crippen LogP contribution < -0.4 is 5.73 Å². The van der Waals surface area contributed by atoms with Gasteiger partial charge < -0.3 is 5.73 Å². The highest BCUT2D eigenvalue weighted by atomic mass is 14.8. The lowest BCUT2D eigenvalue weighted by Crippen LogP contribution is -2.03. The van der Waals surface area contributed by atoms with Crippen LogP contribution in [0.5, 0.6) is 0 Å². The highest BCUT2D eigenvalue weighted by Gasteiger charge is 2.11. The number of hydrogen-bond acceptors (Lipinski definition) is 3. The van der Waals surface area contributed by atoms with Crippen molar-refractivity contribution in [2.75, 3.05) is 0 Å². The lowest BCUT2D eigenvalue weighted by molar-refractivity contribution is 1.03. The molecule has 3 heteroatoms. The van der Waals surface area contributed by atoms with Gasteiger partial charge in [0, 0.05) is 12.7 Å². The van der Waals surface area contributed by atoms with E-state index in [-0.39, 0.29) is 0 Å². The lowest BCUT2D eigenvalue weighted by atomic mass is 9.94. The van der Waals surface area contributed by atoms with E-state index in [1.807, 2.05) is 36.5 Å². The van der Waals surface area contributed by atoms with Gasteiger partial charge in [-0.1, -0.05) is 78.9 Å². The molecule has 2 N–H and O–H groups in total. The molecule has 0 spiro atoms. The van der Waals surface area contributed by atoms with Crippen LogP contribution in [-0.4, -0.2) is 11.2 Å². The Morgan fingerprint density at radius 2 is 1.33 bits per heavy atom. The summed E-state index contributed by atoms with van der Waals surface area (Å²) < 4.78 is 0. The SMILES string of the molecule is NCc1cc(Cc2ccccc2)cc(Cc2ccccc2)c1N=Cc1ccccn1. The van der Waals surface area contributed by atoms with Crippen molar-refractivity contribution in [3.05, 3.63) is 131 Å². The Labute approximate surface area is 178 Å². The second-order valence-corrected chi connectivity index (χ2v) is 7.30. The molecular formula is C27H25N3. The number of nitrogens with two attached hydrogens (primary N) is 1. The molecule has 0 bridgehead atoms. The van der Waals surface area contributed by atoms with Crippen LogP contribution in [0.4, 0.5) is 5.69 Å². The van der Waals surface area contributed by atoms with Crippen LogP contribution in [0.25, 0.3) is 0 Å². The van der Waals surface area contributed by atoms with E-state index in [2.05, 4.69) is 65.6 Å². The molecule has 4 rings (SSSR count). The summed E-state index contributed by atoms with van der Waals surface area (Å²) in [5.74, 6) is 0. The molecule has 0 unspecified atom stereocenters. The molecule has 3 nitrogen and oxygen atoms in total. The molecule has 4 aromatic rings. The number of pyridine rings is 1. The summed E-state index contributed by atoms with van der Waals surface area (Å²) in [7, 11) is 0. The van der Waals surface area contributed by atoms with Crippen molar-refractivity contribution >= 4 is 11.9 Å². The molecule has 0 aliphatic carbocycles. The molecule has 0 amide bonds. The van der Waals surface area contributed by atoms with Crippen LogP contribution in [-0.2, 0) is 19.4 Å². The minimum atomic E-state index is 0.444. The molecule has 0 aliphatic heterocycles. The zero-order valence-electron chi connectivity index (χ0n) is 16.9. The summed E-state index contributed by atoms with van der Waals surface area (Å²) in [5, 5.41) is 0. The standard InChI is InChI=1S/C27H25N3/c28-19-25-18-23(15-21-9-3-1-4-10-21)17-24(16-22-11-5-2-6-12-22)27(25)30-20-26-13-7-8-14-29-26/h1-14,17-18,20H,15-16,19,28H2. The predicted molar refractivity (Wildman–Crippen MR) is 124 cm³/mol. The van der Waals surface area contributed by atoms with Crippen molar-refractivity contribution in [1.29, 1.82) is 0 Å². The van der Waals surface area contributed by atoms with Gasteiger partial charge in [0.25, 0.3) is 0 Å². The molecule has 1 aromatic heterocycles. The third kappa shape index (κ3) is 5.07. The monoisotopic (exact) mass is 391 g/mol. The van der Waals surface area contributed by atoms with Gasteiger partial charge in [0.15, 0.2) is 0 Å². The van der Waals surface area contributed by atoms with Gasteiger partial charge in [0.05, 0.1) is 17.6 Å². The zero-order valence-corrected chi connectivity index (χ0v) is 16.9. The average molecular weight is 392 g/mol. The normalized spacial score (nSPS) is 11.1. The Kier molecular flexibility index (Phi) is 6.43. The van der Waals surface area contributed by atoms with Crippen LogP contribution in [0.2, 0.25) is 0 Å². The van der Waals surface area contributed by atoms with E-state index >= 15 is 0 Å².